The summed E-state index contributed by atoms with van der Waals surface area (Å²) in [5, 5.41) is 2.87. The average Bonchev–Trinajstić information content (AvgIpc) is 2.85. The summed E-state index contributed by atoms with van der Waals surface area (Å²) in [5.41, 5.74) is -0.306. The number of aliphatic imine (C=N–C) groups is 1. The third kappa shape index (κ3) is 1.94. The molecule has 9 heteroatoms. The number of hydrogen-bond acceptors (Lipinski definition) is 5. The topological polar surface area (TPSA) is 108 Å². The summed E-state index contributed by atoms with van der Waals surface area (Å²) in [6, 6.07) is 0. The van der Waals surface area contributed by atoms with Gasteiger partial charge in [0.2, 0.25) is 0 Å². The Balaban J connectivity index is 2.21. The highest BCUT2D eigenvalue weighted by Gasteiger charge is 2.15. The van der Waals surface area contributed by atoms with Crippen LogP contribution in [0.1, 0.15) is 12.7 Å². The molecule has 0 bridgehead atoms. The van der Waals surface area contributed by atoms with Crippen LogP contribution in [-0.2, 0) is 6.54 Å². The molecule has 0 amide bonds. The largest absolute Gasteiger partial charge is 0.369 e. The van der Waals surface area contributed by atoms with E-state index in [1.54, 1.807) is 13.1 Å². The first-order valence-corrected chi connectivity index (χ1v) is 6.41. The van der Waals surface area contributed by atoms with Crippen molar-refractivity contribution >= 4 is 34.7 Å². The molecule has 0 radical (unpaired) electrons. The fraction of sp³-hybridized carbons (Fsp3) is 0.273. The first-order valence-electron chi connectivity index (χ1n) is 5.98. The molecule has 1 aliphatic heterocycles. The molecule has 1 aliphatic rings. The number of aromatic amines is 2. The second-order valence-corrected chi connectivity index (χ2v) is 4.63. The lowest BCUT2D eigenvalue weighted by atomic mass is 10.4. The van der Waals surface area contributed by atoms with E-state index >= 15 is 0 Å². The van der Waals surface area contributed by atoms with Crippen LogP contribution in [-0.4, -0.2) is 31.2 Å². The molecule has 104 valence electrons. The molecule has 2 aromatic heterocycles. The molecule has 0 fully saturated rings. The zero-order valence-electron chi connectivity index (χ0n) is 10.5. The Bertz CT molecular complexity index is 843. The van der Waals surface area contributed by atoms with Gasteiger partial charge in [0.1, 0.15) is 16.7 Å². The molecule has 3 heterocycles. The van der Waals surface area contributed by atoms with Crippen LogP contribution in [0.25, 0.3) is 16.9 Å². The maximum atomic E-state index is 11.8. The zero-order valence-corrected chi connectivity index (χ0v) is 11.2. The molecule has 0 aromatic carbocycles. The van der Waals surface area contributed by atoms with E-state index in [-0.39, 0.29) is 11.0 Å². The van der Waals surface area contributed by atoms with E-state index in [4.69, 9.17) is 11.6 Å². The predicted molar refractivity (Wildman–Crippen MR) is 75.9 cm³/mol. The highest BCUT2D eigenvalue weighted by atomic mass is 35.5. The summed E-state index contributed by atoms with van der Waals surface area (Å²) in [6.45, 7) is 2.20. The SMILES string of the molecule is CCn1c(=O)[nH]c(=O)c2[nH]c(C3=CNC(Cl)C=N3)nc21. The van der Waals surface area contributed by atoms with Gasteiger partial charge in [0.25, 0.3) is 5.56 Å². The second-order valence-electron chi connectivity index (χ2n) is 4.16. The van der Waals surface area contributed by atoms with Crippen molar-refractivity contribution in [3.8, 4) is 0 Å². The summed E-state index contributed by atoms with van der Waals surface area (Å²) >= 11 is 5.81. The average molecular weight is 295 g/mol. The number of alkyl halides is 1. The Morgan fingerprint density at radius 2 is 2.20 bits per heavy atom. The fourth-order valence-electron chi connectivity index (χ4n) is 1.97. The van der Waals surface area contributed by atoms with Crippen LogP contribution in [0.4, 0.5) is 0 Å². The number of rotatable bonds is 2. The van der Waals surface area contributed by atoms with Crippen molar-refractivity contribution in [3.63, 3.8) is 0 Å². The van der Waals surface area contributed by atoms with Gasteiger partial charge in [-0.1, -0.05) is 11.6 Å². The lowest BCUT2D eigenvalue weighted by Gasteiger charge is -2.09. The Hall–Kier alpha value is -2.35. The van der Waals surface area contributed by atoms with Crippen LogP contribution in [0.2, 0.25) is 0 Å². The van der Waals surface area contributed by atoms with Crippen LogP contribution in [0, 0.1) is 0 Å². The molecule has 1 atom stereocenters. The summed E-state index contributed by atoms with van der Waals surface area (Å²) < 4.78 is 1.38. The van der Waals surface area contributed by atoms with Crippen molar-refractivity contribution in [2.45, 2.75) is 19.0 Å². The summed E-state index contributed by atoms with van der Waals surface area (Å²) in [4.78, 5) is 37.0. The molecule has 0 spiro atoms. The number of hydrogen-bond donors (Lipinski definition) is 3. The van der Waals surface area contributed by atoms with Crippen molar-refractivity contribution in [3.05, 3.63) is 32.9 Å². The Kier molecular flexibility index (Phi) is 2.94. The van der Waals surface area contributed by atoms with E-state index in [1.165, 1.54) is 10.8 Å². The van der Waals surface area contributed by atoms with Gasteiger partial charge in [-0.3, -0.25) is 19.3 Å². The van der Waals surface area contributed by atoms with Gasteiger partial charge in [0.05, 0.1) is 0 Å². The van der Waals surface area contributed by atoms with Gasteiger partial charge in [0.15, 0.2) is 11.5 Å². The Morgan fingerprint density at radius 1 is 1.40 bits per heavy atom. The summed E-state index contributed by atoms with van der Waals surface area (Å²) in [5.74, 6) is 0.394. The number of imidazole rings is 1. The first-order chi connectivity index (χ1) is 9.60. The summed E-state index contributed by atoms with van der Waals surface area (Å²) in [7, 11) is 0. The quantitative estimate of drug-likeness (QED) is 0.534. The van der Waals surface area contributed by atoms with Gasteiger partial charge in [-0.2, -0.15) is 0 Å². The second kappa shape index (κ2) is 4.64. The maximum Gasteiger partial charge on any atom is 0.330 e. The molecule has 0 saturated heterocycles. The van der Waals surface area contributed by atoms with Gasteiger partial charge in [0, 0.05) is 19.0 Å². The molecule has 2 aromatic rings. The molecule has 0 saturated carbocycles. The first kappa shape index (κ1) is 12.7. The number of aryl methyl sites for hydroxylation is 1. The number of nitrogens with zero attached hydrogens (tertiary/aromatic N) is 3. The van der Waals surface area contributed by atoms with Crippen molar-refractivity contribution in [2.75, 3.05) is 0 Å². The molecular formula is C11H11ClN6O2. The van der Waals surface area contributed by atoms with E-state index in [2.05, 4.69) is 25.3 Å². The van der Waals surface area contributed by atoms with E-state index < -0.39 is 11.2 Å². The number of aromatic nitrogens is 4. The Labute approximate surface area is 117 Å². The minimum absolute atomic E-state index is 0.241. The van der Waals surface area contributed by atoms with Crippen LogP contribution < -0.4 is 16.6 Å². The van der Waals surface area contributed by atoms with E-state index in [9.17, 15) is 9.59 Å². The van der Waals surface area contributed by atoms with Crippen molar-refractivity contribution < 1.29 is 0 Å². The van der Waals surface area contributed by atoms with E-state index in [0.29, 0.717) is 23.7 Å². The normalized spacial score (nSPS) is 18.1. The molecule has 1 unspecified atom stereocenters. The number of H-pyrrole nitrogens is 2. The van der Waals surface area contributed by atoms with E-state index in [0.717, 1.165) is 0 Å². The zero-order chi connectivity index (χ0) is 14.3. The minimum atomic E-state index is -0.503. The molecule has 20 heavy (non-hydrogen) atoms. The van der Waals surface area contributed by atoms with Crippen molar-refractivity contribution in [1.29, 1.82) is 0 Å². The van der Waals surface area contributed by atoms with Crippen LogP contribution in [0.5, 0.6) is 0 Å². The number of nitrogens with one attached hydrogen (secondary N) is 3. The van der Waals surface area contributed by atoms with Gasteiger partial charge >= 0.3 is 5.69 Å². The van der Waals surface area contributed by atoms with Crippen LogP contribution in [0.15, 0.2) is 20.8 Å². The fourth-order valence-corrected chi connectivity index (χ4v) is 2.09. The monoisotopic (exact) mass is 294 g/mol. The van der Waals surface area contributed by atoms with Gasteiger partial charge in [-0.15, -0.1) is 0 Å². The molecule has 8 nitrogen and oxygen atoms in total. The lowest BCUT2D eigenvalue weighted by Crippen LogP contribution is -2.29. The van der Waals surface area contributed by atoms with Crippen LogP contribution >= 0.6 is 11.6 Å². The van der Waals surface area contributed by atoms with Gasteiger partial charge < -0.3 is 10.3 Å². The third-order valence-electron chi connectivity index (χ3n) is 2.92. The maximum absolute atomic E-state index is 11.8. The number of halogens is 1. The Morgan fingerprint density at radius 3 is 2.85 bits per heavy atom. The van der Waals surface area contributed by atoms with Gasteiger partial charge in [-0.05, 0) is 6.92 Å². The third-order valence-corrected chi connectivity index (χ3v) is 3.15. The molecule has 3 rings (SSSR count). The standard InChI is InChI=1S/C11H11ClN6O2/c1-2-18-9-7(10(19)17-11(18)20)15-8(16-9)5-3-14-6(12)4-13-5/h3-4,6,14H,2H2,1H3,(H,15,16)(H,17,19,20). The molecule has 3 N–H and O–H groups in total. The molecular weight excluding hydrogens is 284 g/mol. The smallest absolute Gasteiger partial charge is 0.330 e. The van der Waals surface area contributed by atoms with Crippen molar-refractivity contribution in [2.24, 2.45) is 4.99 Å². The minimum Gasteiger partial charge on any atom is -0.369 e. The van der Waals surface area contributed by atoms with E-state index in [1.807, 2.05) is 0 Å². The van der Waals surface area contributed by atoms with Crippen LogP contribution in [0.3, 0.4) is 0 Å². The highest BCUT2D eigenvalue weighted by molar-refractivity contribution is 6.28. The summed E-state index contributed by atoms with van der Waals surface area (Å²) in [6.07, 6.45) is 3.11. The predicted octanol–water partition coefficient (Wildman–Crippen LogP) is -0.0299. The molecule has 0 aliphatic carbocycles. The van der Waals surface area contributed by atoms with Crippen molar-refractivity contribution in [1.82, 2.24) is 24.8 Å². The highest BCUT2D eigenvalue weighted by Crippen LogP contribution is 2.16. The lowest BCUT2D eigenvalue weighted by molar-refractivity contribution is 0.719. The van der Waals surface area contributed by atoms with Gasteiger partial charge in [-0.25, -0.2) is 9.78 Å². The number of fused-ring (bicyclic) bond motifs is 1.